The van der Waals surface area contributed by atoms with Crippen molar-refractivity contribution in [3.05, 3.63) is 48.5 Å². The van der Waals surface area contributed by atoms with Gasteiger partial charge in [-0.2, -0.15) is 0 Å². The molecule has 2 atom stereocenters. The molecule has 0 unspecified atom stereocenters. The summed E-state index contributed by atoms with van der Waals surface area (Å²) in [5.74, 6) is 1.40. The quantitative estimate of drug-likeness (QED) is 0.764. The Labute approximate surface area is 175 Å². The highest BCUT2D eigenvalue weighted by Gasteiger charge is 2.40. The van der Waals surface area contributed by atoms with Crippen molar-refractivity contribution in [3.8, 4) is 17.2 Å². The second kappa shape index (κ2) is 7.89. The molecule has 2 aromatic rings. The fourth-order valence-electron chi connectivity index (χ4n) is 4.20. The second-order valence-electron chi connectivity index (χ2n) is 7.77. The highest BCUT2D eigenvalue weighted by Crippen LogP contribution is 2.36. The zero-order valence-corrected chi connectivity index (χ0v) is 16.7. The molecule has 0 N–H and O–H groups in total. The standard InChI is InChI=1S/C23H24N2O5/c26-22(24-12-6-1-7-13-24)20-14-25(16-8-2-3-9-17(16)29-20)23(27)21-15-28-18-10-4-5-11-19(18)30-21/h2-5,8-11,20-21H,1,6-7,12-15H2/t20-,21-/m0/s1. The van der Waals surface area contributed by atoms with Crippen LogP contribution in [0.2, 0.25) is 0 Å². The molecule has 1 saturated heterocycles. The van der Waals surface area contributed by atoms with Gasteiger partial charge in [0.1, 0.15) is 12.4 Å². The minimum Gasteiger partial charge on any atom is -0.485 e. The van der Waals surface area contributed by atoms with Gasteiger partial charge >= 0.3 is 0 Å². The van der Waals surface area contributed by atoms with Crippen LogP contribution in [0.1, 0.15) is 19.3 Å². The zero-order valence-electron chi connectivity index (χ0n) is 16.7. The predicted octanol–water partition coefficient (Wildman–Crippen LogP) is 2.63. The fraction of sp³-hybridized carbons (Fsp3) is 0.391. The maximum absolute atomic E-state index is 13.4. The first-order chi connectivity index (χ1) is 14.7. The summed E-state index contributed by atoms with van der Waals surface area (Å²) in [5, 5.41) is 0. The SMILES string of the molecule is O=C([C@@H]1CN(C(=O)[C@@H]2COc3ccccc3O2)c2ccccc2O1)N1CCCCC1. The lowest BCUT2D eigenvalue weighted by Crippen LogP contribution is -2.56. The van der Waals surface area contributed by atoms with E-state index in [9.17, 15) is 9.59 Å². The van der Waals surface area contributed by atoms with Gasteiger partial charge in [0.25, 0.3) is 11.8 Å². The molecule has 3 heterocycles. The third-order valence-corrected chi connectivity index (χ3v) is 5.77. The number of carbonyl (C=O) groups is 2. The van der Waals surface area contributed by atoms with E-state index >= 15 is 0 Å². The Morgan fingerprint density at radius 1 is 0.767 bits per heavy atom. The first-order valence-electron chi connectivity index (χ1n) is 10.4. The van der Waals surface area contributed by atoms with Gasteiger partial charge in [0, 0.05) is 13.1 Å². The molecule has 5 rings (SSSR count). The van der Waals surface area contributed by atoms with E-state index < -0.39 is 12.2 Å². The number of hydrogen-bond donors (Lipinski definition) is 0. The van der Waals surface area contributed by atoms with Gasteiger partial charge in [-0.05, 0) is 43.5 Å². The van der Waals surface area contributed by atoms with Crippen molar-refractivity contribution in [2.75, 3.05) is 31.1 Å². The van der Waals surface area contributed by atoms with Crippen LogP contribution in [0.3, 0.4) is 0 Å². The summed E-state index contributed by atoms with van der Waals surface area (Å²) in [6.45, 7) is 1.77. The van der Waals surface area contributed by atoms with Crippen LogP contribution in [0.25, 0.3) is 0 Å². The van der Waals surface area contributed by atoms with Gasteiger partial charge in [-0.25, -0.2) is 0 Å². The number of nitrogens with zero attached hydrogens (tertiary/aromatic N) is 2. The van der Waals surface area contributed by atoms with Gasteiger partial charge in [-0.3, -0.25) is 9.59 Å². The molecule has 3 aliphatic rings. The summed E-state index contributed by atoms with van der Waals surface area (Å²) in [4.78, 5) is 29.9. The molecule has 2 aromatic carbocycles. The monoisotopic (exact) mass is 408 g/mol. The summed E-state index contributed by atoms with van der Waals surface area (Å²) in [6.07, 6.45) is 1.65. The number of ether oxygens (including phenoxy) is 3. The van der Waals surface area contributed by atoms with Crippen LogP contribution in [0.15, 0.2) is 48.5 Å². The second-order valence-corrected chi connectivity index (χ2v) is 7.77. The lowest BCUT2D eigenvalue weighted by atomic mass is 10.1. The van der Waals surface area contributed by atoms with E-state index in [-0.39, 0.29) is 25.0 Å². The average Bonchev–Trinajstić information content (AvgIpc) is 2.82. The fourth-order valence-corrected chi connectivity index (χ4v) is 4.20. The van der Waals surface area contributed by atoms with E-state index in [0.717, 1.165) is 32.4 Å². The van der Waals surface area contributed by atoms with Crippen LogP contribution in [-0.2, 0) is 9.59 Å². The maximum Gasteiger partial charge on any atom is 0.271 e. The highest BCUT2D eigenvalue weighted by atomic mass is 16.6. The average molecular weight is 408 g/mol. The smallest absolute Gasteiger partial charge is 0.271 e. The number of carbonyl (C=O) groups excluding carboxylic acids is 2. The van der Waals surface area contributed by atoms with Crippen molar-refractivity contribution >= 4 is 17.5 Å². The van der Waals surface area contributed by atoms with E-state index in [1.165, 1.54) is 0 Å². The summed E-state index contributed by atoms with van der Waals surface area (Å²) in [6, 6.07) is 14.6. The minimum atomic E-state index is -0.781. The molecule has 1 fully saturated rings. The number of para-hydroxylation sites is 4. The van der Waals surface area contributed by atoms with Gasteiger partial charge in [0.05, 0.1) is 12.2 Å². The van der Waals surface area contributed by atoms with E-state index in [0.29, 0.717) is 22.9 Å². The van der Waals surface area contributed by atoms with Crippen molar-refractivity contribution in [2.24, 2.45) is 0 Å². The molecule has 3 aliphatic heterocycles. The van der Waals surface area contributed by atoms with Gasteiger partial charge in [-0.15, -0.1) is 0 Å². The Hall–Kier alpha value is -3.22. The van der Waals surface area contributed by atoms with Gasteiger partial charge in [0.2, 0.25) is 6.10 Å². The molecular weight excluding hydrogens is 384 g/mol. The third-order valence-electron chi connectivity index (χ3n) is 5.77. The minimum absolute atomic E-state index is 0.0619. The molecule has 0 spiro atoms. The number of likely N-dealkylation sites (tertiary alicyclic amines) is 1. The van der Waals surface area contributed by atoms with E-state index in [1.54, 1.807) is 17.0 Å². The number of rotatable bonds is 2. The van der Waals surface area contributed by atoms with Gasteiger partial charge in [0.15, 0.2) is 17.6 Å². The van der Waals surface area contributed by atoms with Crippen LogP contribution in [0.4, 0.5) is 5.69 Å². The van der Waals surface area contributed by atoms with Crippen molar-refractivity contribution in [1.29, 1.82) is 0 Å². The molecule has 156 valence electrons. The van der Waals surface area contributed by atoms with Crippen LogP contribution in [-0.4, -0.2) is 55.2 Å². The highest BCUT2D eigenvalue weighted by molar-refractivity contribution is 6.00. The molecule has 0 aromatic heterocycles. The number of hydrogen-bond acceptors (Lipinski definition) is 5. The van der Waals surface area contributed by atoms with Crippen LogP contribution in [0, 0.1) is 0 Å². The topological polar surface area (TPSA) is 68.3 Å². The van der Waals surface area contributed by atoms with E-state index in [2.05, 4.69) is 0 Å². The van der Waals surface area contributed by atoms with Crippen molar-refractivity contribution in [1.82, 2.24) is 4.90 Å². The number of amides is 2. The molecule has 2 amide bonds. The number of fused-ring (bicyclic) bond motifs is 2. The summed E-state index contributed by atoms with van der Waals surface area (Å²) < 4.78 is 17.7. The van der Waals surface area contributed by atoms with Crippen LogP contribution >= 0.6 is 0 Å². The van der Waals surface area contributed by atoms with Gasteiger partial charge < -0.3 is 24.0 Å². The van der Waals surface area contributed by atoms with Crippen molar-refractivity contribution < 1.29 is 23.8 Å². The van der Waals surface area contributed by atoms with E-state index in [4.69, 9.17) is 14.2 Å². The first-order valence-corrected chi connectivity index (χ1v) is 10.4. The zero-order chi connectivity index (χ0) is 20.5. The molecular formula is C23H24N2O5. The third kappa shape index (κ3) is 3.44. The molecule has 0 bridgehead atoms. The Bertz CT molecular complexity index is 956. The molecule has 0 aliphatic carbocycles. The summed E-state index contributed by atoms with van der Waals surface area (Å²) in [7, 11) is 0. The molecule has 0 saturated carbocycles. The molecule has 30 heavy (non-hydrogen) atoms. The Morgan fingerprint density at radius 3 is 2.23 bits per heavy atom. The van der Waals surface area contributed by atoms with Crippen LogP contribution < -0.4 is 19.1 Å². The molecule has 7 nitrogen and oxygen atoms in total. The van der Waals surface area contributed by atoms with E-state index in [1.807, 2.05) is 41.3 Å². The first kappa shape index (κ1) is 18.8. The lowest BCUT2D eigenvalue weighted by molar-refractivity contribution is -0.140. The number of benzene rings is 2. The largest absolute Gasteiger partial charge is 0.485 e. The molecule has 0 radical (unpaired) electrons. The summed E-state index contributed by atoms with van der Waals surface area (Å²) >= 11 is 0. The Balaban J connectivity index is 1.39. The van der Waals surface area contributed by atoms with Gasteiger partial charge in [-0.1, -0.05) is 24.3 Å². The Morgan fingerprint density at radius 2 is 1.43 bits per heavy atom. The molecule has 7 heteroatoms. The maximum atomic E-state index is 13.4. The van der Waals surface area contributed by atoms with Crippen molar-refractivity contribution in [3.63, 3.8) is 0 Å². The van der Waals surface area contributed by atoms with Crippen molar-refractivity contribution in [2.45, 2.75) is 31.5 Å². The summed E-state index contributed by atoms with van der Waals surface area (Å²) in [5.41, 5.74) is 0.646. The predicted molar refractivity (Wildman–Crippen MR) is 110 cm³/mol. The lowest BCUT2D eigenvalue weighted by Gasteiger charge is -2.38. The normalized spacial score (nSPS) is 22.7. The van der Waals surface area contributed by atoms with Crippen LogP contribution in [0.5, 0.6) is 17.2 Å². The Kier molecular flexibility index (Phi) is 4.94. The number of anilines is 1. The number of piperidine rings is 1.